The van der Waals surface area contributed by atoms with Crippen molar-refractivity contribution < 1.29 is 9.59 Å². The van der Waals surface area contributed by atoms with E-state index in [0.717, 1.165) is 25.7 Å². The predicted octanol–water partition coefficient (Wildman–Crippen LogP) is 2.04. The molecule has 0 saturated heterocycles. The topological polar surface area (TPSA) is 58.2 Å². The maximum Gasteiger partial charge on any atom is 0.309 e. The van der Waals surface area contributed by atoms with E-state index in [0.29, 0.717) is 6.54 Å². The second-order valence-electron chi connectivity index (χ2n) is 4.98. The number of carbonyl (C=O) groups excluding carboxylic acids is 2. The summed E-state index contributed by atoms with van der Waals surface area (Å²) in [5.74, 6) is -1.08. The molecule has 0 aromatic heterocycles. The van der Waals surface area contributed by atoms with Crippen LogP contribution in [0.15, 0.2) is 30.3 Å². The van der Waals surface area contributed by atoms with Crippen molar-refractivity contribution in [2.24, 2.45) is 0 Å². The molecule has 0 bridgehead atoms. The largest absolute Gasteiger partial charge is 0.348 e. The lowest BCUT2D eigenvalue weighted by atomic mass is 10.1. The Morgan fingerprint density at radius 3 is 2.45 bits per heavy atom. The van der Waals surface area contributed by atoms with Crippen molar-refractivity contribution in [1.29, 1.82) is 0 Å². The summed E-state index contributed by atoms with van der Waals surface area (Å²) in [5.41, 5.74) is 1.30. The Bertz CT molecular complexity index is 418. The molecule has 2 amide bonds. The van der Waals surface area contributed by atoms with E-state index in [4.69, 9.17) is 0 Å². The third-order valence-electron chi connectivity index (χ3n) is 3.22. The molecule has 2 N–H and O–H groups in total. The molecule has 1 rings (SSSR count). The summed E-state index contributed by atoms with van der Waals surface area (Å²) in [7, 11) is 0. The van der Waals surface area contributed by atoms with Gasteiger partial charge in [0.15, 0.2) is 0 Å². The molecule has 0 aliphatic heterocycles. The minimum atomic E-state index is -0.539. The van der Waals surface area contributed by atoms with Gasteiger partial charge in [-0.1, -0.05) is 37.3 Å². The molecule has 4 heteroatoms. The summed E-state index contributed by atoms with van der Waals surface area (Å²) in [5, 5.41) is 5.29. The normalized spacial score (nSPS) is 11.7. The van der Waals surface area contributed by atoms with E-state index in [9.17, 15) is 9.59 Å². The van der Waals surface area contributed by atoms with Gasteiger partial charge in [-0.25, -0.2) is 0 Å². The van der Waals surface area contributed by atoms with Crippen molar-refractivity contribution in [1.82, 2.24) is 10.6 Å². The van der Waals surface area contributed by atoms with Gasteiger partial charge in [0.2, 0.25) is 0 Å². The van der Waals surface area contributed by atoms with Crippen LogP contribution in [-0.4, -0.2) is 24.4 Å². The smallest absolute Gasteiger partial charge is 0.309 e. The van der Waals surface area contributed by atoms with E-state index < -0.39 is 11.8 Å². The van der Waals surface area contributed by atoms with E-state index in [1.54, 1.807) is 0 Å². The number of hydrogen-bond acceptors (Lipinski definition) is 2. The zero-order valence-corrected chi connectivity index (χ0v) is 12.3. The molecule has 0 aliphatic carbocycles. The molecule has 0 aliphatic rings. The number of aryl methyl sites for hydroxylation is 1. The van der Waals surface area contributed by atoms with Gasteiger partial charge in [0.25, 0.3) is 0 Å². The highest BCUT2D eigenvalue weighted by Crippen LogP contribution is 2.03. The van der Waals surface area contributed by atoms with Crippen LogP contribution in [0.3, 0.4) is 0 Å². The van der Waals surface area contributed by atoms with Crippen LogP contribution in [0.5, 0.6) is 0 Å². The maximum atomic E-state index is 11.5. The highest BCUT2D eigenvalue weighted by molar-refractivity contribution is 6.35. The summed E-state index contributed by atoms with van der Waals surface area (Å²) in [6, 6.07) is 10.3. The highest BCUT2D eigenvalue weighted by atomic mass is 16.2. The Kier molecular flexibility index (Phi) is 7.40. The molecule has 1 aromatic rings. The lowest BCUT2D eigenvalue weighted by molar-refractivity contribution is -0.139. The van der Waals surface area contributed by atoms with Crippen LogP contribution in [-0.2, 0) is 16.0 Å². The van der Waals surface area contributed by atoms with Crippen molar-refractivity contribution >= 4 is 11.8 Å². The lowest BCUT2D eigenvalue weighted by Gasteiger charge is -2.11. The Labute approximate surface area is 121 Å². The number of rotatable bonds is 7. The first kappa shape index (κ1) is 16.2. The van der Waals surface area contributed by atoms with Crippen LogP contribution >= 0.6 is 0 Å². The number of amides is 2. The van der Waals surface area contributed by atoms with Crippen LogP contribution in [0, 0.1) is 0 Å². The third kappa shape index (κ3) is 6.36. The molecule has 0 heterocycles. The second-order valence-corrected chi connectivity index (χ2v) is 4.98. The second kappa shape index (κ2) is 9.13. The molecule has 4 nitrogen and oxygen atoms in total. The van der Waals surface area contributed by atoms with E-state index in [1.807, 2.05) is 32.0 Å². The molecule has 20 heavy (non-hydrogen) atoms. The molecule has 0 unspecified atom stereocenters. The highest BCUT2D eigenvalue weighted by Gasteiger charge is 2.14. The molecular formula is C16H24N2O2. The number of carbonyl (C=O) groups is 2. The van der Waals surface area contributed by atoms with Gasteiger partial charge in [-0.05, 0) is 38.2 Å². The van der Waals surface area contributed by atoms with Gasteiger partial charge in [-0.15, -0.1) is 0 Å². The summed E-state index contributed by atoms with van der Waals surface area (Å²) < 4.78 is 0. The zero-order valence-electron chi connectivity index (χ0n) is 12.3. The number of benzene rings is 1. The first-order chi connectivity index (χ1) is 9.63. The predicted molar refractivity (Wildman–Crippen MR) is 80.3 cm³/mol. The van der Waals surface area contributed by atoms with Gasteiger partial charge >= 0.3 is 11.8 Å². The Balaban J connectivity index is 2.11. The fraction of sp³-hybridized carbons (Fsp3) is 0.500. The average Bonchev–Trinajstić information content (AvgIpc) is 2.47. The zero-order chi connectivity index (χ0) is 14.8. The monoisotopic (exact) mass is 276 g/mol. The van der Waals surface area contributed by atoms with E-state index >= 15 is 0 Å². The lowest BCUT2D eigenvalue weighted by Crippen LogP contribution is -2.43. The van der Waals surface area contributed by atoms with Crippen molar-refractivity contribution in [2.75, 3.05) is 6.54 Å². The number of unbranched alkanes of at least 4 members (excludes halogenated alkanes) is 1. The molecular weight excluding hydrogens is 252 g/mol. The molecule has 0 spiro atoms. The summed E-state index contributed by atoms with van der Waals surface area (Å²) in [6.45, 7) is 4.39. The van der Waals surface area contributed by atoms with E-state index in [2.05, 4.69) is 22.8 Å². The van der Waals surface area contributed by atoms with Crippen LogP contribution in [0.1, 0.15) is 38.7 Å². The molecule has 1 aromatic carbocycles. The number of hydrogen-bond donors (Lipinski definition) is 2. The van der Waals surface area contributed by atoms with Crippen LogP contribution in [0.4, 0.5) is 0 Å². The number of nitrogens with one attached hydrogen (secondary N) is 2. The molecule has 110 valence electrons. The quantitative estimate of drug-likeness (QED) is 0.591. The summed E-state index contributed by atoms with van der Waals surface area (Å²) in [6.07, 6.45) is 3.68. The van der Waals surface area contributed by atoms with E-state index in [1.165, 1.54) is 5.56 Å². The van der Waals surface area contributed by atoms with Crippen molar-refractivity contribution in [3.05, 3.63) is 35.9 Å². The Morgan fingerprint density at radius 1 is 1.10 bits per heavy atom. The average molecular weight is 276 g/mol. The van der Waals surface area contributed by atoms with Crippen molar-refractivity contribution in [2.45, 2.75) is 45.6 Å². The van der Waals surface area contributed by atoms with Crippen molar-refractivity contribution in [3.63, 3.8) is 0 Å². The minimum Gasteiger partial charge on any atom is -0.348 e. The van der Waals surface area contributed by atoms with Crippen LogP contribution in [0.2, 0.25) is 0 Å². The summed E-state index contributed by atoms with van der Waals surface area (Å²) >= 11 is 0. The molecule has 0 saturated carbocycles. The van der Waals surface area contributed by atoms with Crippen LogP contribution in [0.25, 0.3) is 0 Å². The molecule has 1 atom stereocenters. The SMILES string of the molecule is CC[C@@H](C)NC(=O)C(=O)NCCCCc1ccccc1. The van der Waals surface area contributed by atoms with Gasteiger partial charge in [0.05, 0.1) is 0 Å². The van der Waals surface area contributed by atoms with Gasteiger partial charge < -0.3 is 10.6 Å². The summed E-state index contributed by atoms with van der Waals surface area (Å²) in [4.78, 5) is 23.0. The van der Waals surface area contributed by atoms with E-state index in [-0.39, 0.29) is 6.04 Å². The maximum absolute atomic E-state index is 11.5. The molecule has 0 fully saturated rings. The van der Waals surface area contributed by atoms with Gasteiger partial charge in [-0.2, -0.15) is 0 Å². The Morgan fingerprint density at radius 2 is 1.80 bits per heavy atom. The van der Waals surface area contributed by atoms with Gasteiger partial charge in [-0.3, -0.25) is 9.59 Å². The van der Waals surface area contributed by atoms with Crippen molar-refractivity contribution in [3.8, 4) is 0 Å². The minimum absolute atomic E-state index is 0.0336. The standard InChI is InChI=1S/C16H24N2O2/c1-3-13(2)18-16(20)15(19)17-12-8-7-11-14-9-5-4-6-10-14/h4-6,9-10,13H,3,7-8,11-12H2,1-2H3,(H,17,19)(H,18,20)/t13-/m1/s1. The fourth-order valence-corrected chi connectivity index (χ4v) is 1.77. The Hall–Kier alpha value is -1.84. The first-order valence-corrected chi connectivity index (χ1v) is 7.26. The molecule has 0 radical (unpaired) electrons. The first-order valence-electron chi connectivity index (χ1n) is 7.26. The van der Waals surface area contributed by atoms with Crippen LogP contribution < -0.4 is 10.6 Å². The van der Waals surface area contributed by atoms with Gasteiger partial charge in [0, 0.05) is 12.6 Å². The van der Waals surface area contributed by atoms with Gasteiger partial charge in [0.1, 0.15) is 0 Å². The fourth-order valence-electron chi connectivity index (χ4n) is 1.77. The third-order valence-corrected chi connectivity index (χ3v) is 3.22.